The molecule has 0 amide bonds. The summed E-state index contributed by atoms with van der Waals surface area (Å²) in [6, 6.07) is 6.42. The Morgan fingerprint density at radius 2 is 2.21 bits per heavy atom. The van der Waals surface area contributed by atoms with E-state index in [2.05, 4.69) is 0 Å². The number of halogens is 1. The van der Waals surface area contributed by atoms with Crippen LogP contribution in [0.1, 0.15) is 24.1 Å². The Kier molecular flexibility index (Phi) is 3.48. The van der Waals surface area contributed by atoms with Crippen LogP contribution in [-0.4, -0.2) is 11.2 Å². The minimum Gasteiger partial charge on any atom is -0.391 e. The van der Waals surface area contributed by atoms with E-state index in [0.29, 0.717) is 16.1 Å². The lowest BCUT2D eigenvalue weighted by atomic mass is 10.0. The second kappa shape index (κ2) is 4.43. The fourth-order valence-electron chi connectivity index (χ4n) is 1.15. The molecule has 0 aliphatic heterocycles. The fourth-order valence-corrected chi connectivity index (χ4v) is 1.45. The number of nitrogens with two attached hydrogens (primary N) is 1. The van der Waals surface area contributed by atoms with Crippen LogP contribution < -0.4 is 5.73 Å². The predicted molar refractivity (Wildman–Crippen MR) is 54.8 cm³/mol. The smallest absolute Gasteiger partial charge is 0.101 e. The zero-order chi connectivity index (χ0) is 10.7. The van der Waals surface area contributed by atoms with E-state index in [0.717, 1.165) is 0 Å². The number of nitriles is 1. The van der Waals surface area contributed by atoms with Gasteiger partial charge in [0.25, 0.3) is 0 Å². The first-order valence-corrected chi connectivity index (χ1v) is 4.58. The maximum atomic E-state index is 9.30. The quantitative estimate of drug-likeness (QED) is 0.779. The molecule has 0 radical (unpaired) electrons. The minimum absolute atomic E-state index is 0.323. The molecule has 0 aromatic heterocycles. The van der Waals surface area contributed by atoms with Crippen LogP contribution in [0.5, 0.6) is 0 Å². The van der Waals surface area contributed by atoms with Crippen LogP contribution in [-0.2, 0) is 0 Å². The average Bonchev–Trinajstić information content (AvgIpc) is 2.17. The molecule has 0 heterocycles. The van der Waals surface area contributed by atoms with Gasteiger partial charge in [-0.05, 0) is 18.6 Å². The normalized spacial score (nSPS) is 14.5. The van der Waals surface area contributed by atoms with Gasteiger partial charge in [0.1, 0.15) is 6.07 Å². The first-order chi connectivity index (χ1) is 6.57. The monoisotopic (exact) mass is 210 g/mol. The van der Waals surface area contributed by atoms with Crippen LogP contribution in [0, 0.1) is 11.3 Å². The van der Waals surface area contributed by atoms with Gasteiger partial charge in [0, 0.05) is 0 Å². The maximum absolute atomic E-state index is 9.30. The van der Waals surface area contributed by atoms with Crippen LogP contribution in [0.4, 0.5) is 0 Å². The largest absolute Gasteiger partial charge is 0.391 e. The lowest BCUT2D eigenvalue weighted by Crippen LogP contribution is -2.23. The number of aliphatic hydroxyl groups is 1. The minimum atomic E-state index is -0.693. The lowest BCUT2D eigenvalue weighted by molar-refractivity contribution is 0.164. The highest BCUT2D eigenvalue weighted by Gasteiger charge is 2.16. The van der Waals surface area contributed by atoms with Crippen LogP contribution >= 0.6 is 11.6 Å². The second-order valence-corrected chi connectivity index (χ2v) is 3.46. The van der Waals surface area contributed by atoms with E-state index in [4.69, 9.17) is 22.6 Å². The summed E-state index contributed by atoms with van der Waals surface area (Å²) in [7, 11) is 0. The van der Waals surface area contributed by atoms with Crippen molar-refractivity contribution in [3.05, 3.63) is 34.3 Å². The SMILES string of the molecule is C[C@H](O)[C@@H](N)c1cccc(C#N)c1Cl. The van der Waals surface area contributed by atoms with Crippen molar-refractivity contribution in [1.82, 2.24) is 0 Å². The van der Waals surface area contributed by atoms with E-state index >= 15 is 0 Å². The Morgan fingerprint density at radius 3 is 2.71 bits per heavy atom. The summed E-state index contributed by atoms with van der Waals surface area (Å²) in [4.78, 5) is 0. The molecule has 0 spiro atoms. The summed E-state index contributed by atoms with van der Waals surface area (Å²) < 4.78 is 0. The van der Waals surface area contributed by atoms with Crippen molar-refractivity contribution in [2.75, 3.05) is 0 Å². The van der Waals surface area contributed by atoms with Crippen molar-refractivity contribution in [3.8, 4) is 6.07 Å². The number of benzene rings is 1. The van der Waals surface area contributed by atoms with E-state index < -0.39 is 12.1 Å². The van der Waals surface area contributed by atoms with Crippen LogP contribution in [0.25, 0.3) is 0 Å². The summed E-state index contributed by atoms with van der Waals surface area (Å²) >= 11 is 5.93. The molecule has 74 valence electrons. The van der Waals surface area contributed by atoms with Crippen molar-refractivity contribution >= 4 is 11.6 Å². The standard InChI is InChI=1S/C10H11ClN2O/c1-6(14)10(13)8-4-2-3-7(5-12)9(8)11/h2-4,6,10,14H,13H2,1H3/t6-,10+/m0/s1. The van der Waals surface area contributed by atoms with E-state index in [1.54, 1.807) is 25.1 Å². The highest BCUT2D eigenvalue weighted by Crippen LogP contribution is 2.26. The molecular formula is C10H11ClN2O. The van der Waals surface area contributed by atoms with Crippen LogP contribution in [0.2, 0.25) is 5.02 Å². The molecule has 0 saturated carbocycles. The first kappa shape index (κ1) is 11.0. The molecular weight excluding hydrogens is 200 g/mol. The molecule has 3 N–H and O–H groups in total. The number of hydrogen-bond donors (Lipinski definition) is 2. The molecule has 0 bridgehead atoms. The molecule has 0 fully saturated rings. The third-order valence-electron chi connectivity index (χ3n) is 2.03. The van der Waals surface area contributed by atoms with Gasteiger partial charge in [0.15, 0.2) is 0 Å². The Morgan fingerprint density at radius 1 is 1.57 bits per heavy atom. The van der Waals surface area contributed by atoms with Crippen molar-refractivity contribution in [1.29, 1.82) is 5.26 Å². The summed E-state index contributed by atoms with van der Waals surface area (Å²) in [5.41, 5.74) is 6.69. The van der Waals surface area contributed by atoms with Crippen LogP contribution in [0.3, 0.4) is 0 Å². The highest BCUT2D eigenvalue weighted by molar-refractivity contribution is 6.32. The first-order valence-electron chi connectivity index (χ1n) is 4.20. The Balaban J connectivity index is 3.17. The molecule has 0 aliphatic rings. The van der Waals surface area contributed by atoms with Gasteiger partial charge in [-0.3, -0.25) is 0 Å². The van der Waals surface area contributed by atoms with E-state index in [1.807, 2.05) is 6.07 Å². The molecule has 1 aromatic carbocycles. The lowest BCUT2D eigenvalue weighted by Gasteiger charge is -2.16. The van der Waals surface area contributed by atoms with Crippen molar-refractivity contribution in [2.24, 2.45) is 5.73 Å². The number of aliphatic hydroxyl groups excluding tert-OH is 1. The molecule has 0 saturated heterocycles. The predicted octanol–water partition coefficient (Wildman–Crippen LogP) is 1.59. The van der Waals surface area contributed by atoms with Crippen molar-refractivity contribution in [3.63, 3.8) is 0 Å². The van der Waals surface area contributed by atoms with Gasteiger partial charge in [0.2, 0.25) is 0 Å². The van der Waals surface area contributed by atoms with Gasteiger partial charge < -0.3 is 10.8 Å². The summed E-state index contributed by atoms with van der Waals surface area (Å²) in [5, 5.41) is 18.3. The highest BCUT2D eigenvalue weighted by atomic mass is 35.5. The number of nitrogens with zero attached hydrogens (tertiary/aromatic N) is 1. The molecule has 1 aromatic rings. The molecule has 3 nitrogen and oxygen atoms in total. The third kappa shape index (κ3) is 2.05. The number of rotatable bonds is 2. The van der Waals surface area contributed by atoms with Crippen LogP contribution in [0.15, 0.2) is 18.2 Å². The van der Waals surface area contributed by atoms with Gasteiger partial charge in [-0.2, -0.15) is 5.26 Å². The van der Waals surface area contributed by atoms with Gasteiger partial charge in [-0.25, -0.2) is 0 Å². The molecule has 14 heavy (non-hydrogen) atoms. The molecule has 1 rings (SSSR count). The fraction of sp³-hybridized carbons (Fsp3) is 0.300. The van der Waals surface area contributed by atoms with Gasteiger partial charge >= 0.3 is 0 Å². The Labute approximate surface area is 87.7 Å². The van der Waals surface area contributed by atoms with Gasteiger partial charge in [-0.15, -0.1) is 0 Å². The van der Waals surface area contributed by atoms with E-state index in [9.17, 15) is 5.11 Å². The topological polar surface area (TPSA) is 70.0 Å². The van der Waals surface area contributed by atoms with Crippen molar-refractivity contribution < 1.29 is 5.11 Å². The third-order valence-corrected chi connectivity index (χ3v) is 2.45. The van der Waals surface area contributed by atoms with Gasteiger partial charge in [-0.1, -0.05) is 23.7 Å². The van der Waals surface area contributed by atoms with E-state index in [-0.39, 0.29) is 0 Å². The average molecular weight is 211 g/mol. The molecule has 0 unspecified atom stereocenters. The Bertz CT molecular complexity index is 371. The van der Waals surface area contributed by atoms with E-state index in [1.165, 1.54) is 0 Å². The molecule has 0 aliphatic carbocycles. The maximum Gasteiger partial charge on any atom is 0.101 e. The van der Waals surface area contributed by atoms with Crippen molar-refractivity contribution in [2.45, 2.75) is 19.1 Å². The second-order valence-electron chi connectivity index (χ2n) is 3.09. The van der Waals surface area contributed by atoms with Gasteiger partial charge in [0.05, 0.1) is 22.7 Å². The molecule has 2 atom stereocenters. The summed E-state index contributed by atoms with van der Waals surface area (Å²) in [6.45, 7) is 1.58. The zero-order valence-electron chi connectivity index (χ0n) is 7.74. The summed E-state index contributed by atoms with van der Waals surface area (Å²) in [5.74, 6) is 0. The number of hydrogen-bond acceptors (Lipinski definition) is 3. The Hall–Kier alpha value is -1.08. The summed E-state index contributed by atoms with van der Waals surface area (Å²) in [6.07, 6.45) is -0.693. The molecule has 4 heteroatoms. The zero-order valence-corrected chi connectivity index (χ0v) is 8.49.